The number of nitrogens with zero attached hydrogens (tertiary/aromatic N) is 2. The van der Waals surface area contributed by atoms with E-state index in [4.69, 9.17) is 9.84 Å². The molecule has 2 rings (SSSR count). The average molecular weight is 382 g/mol. The predicted octanol–water partition coefficient (Wildman–Crippen LogP) is 2.62. The second-order valence-electron chi connectivity index (χ2n) is 4.87. The lowest BCUT2D eigenvalue weighted by Gasteiger charge is -2.17. The standard InChI is InChI=1S/C15H16BrN3O4/c1-19-12(8-13(16)18-19)11(7-14(20)21)17-15(22)23-9-10-5-3-2-4-6-10/h2-6,8,11H,7,9H2,1H3,(H,17,22)(H,20,21). The first-order valence-corrected chi connectivity index (χ1v) is 7.63. The Bertz CT molecular complexity index is 687. The molecule has 1 atom stereocenters. The summed E-state index contributed by atoms with van der Waals surface area (Å²) >= 11 is 3.22. The normalized spacial score (nSPS) is 11.7. The van der Waals surface area contributed by atoms with E-state index in [9.17, 15) is 9.59 Å². The minimum absolute atomic E-state index is 0.113. The predicted molar refractivity (Wildman–Crippen MR) is 85.7 cm³/mol. The molecule has 0 bridgehead atoms. The van der Waals surface area contributed by atoms with Crippen molar-refractivity contribution in [1.82, 2.24) is 15.1 Å². The van der Waals surface area contributed by atoms with Crippen molar-refractivity contribution in [2.45, 2.75) is 19.1 Å². The van der Waals surface area contributed by atoms with Crippen LogP contribution in [0.2, 0.25) is 0 Å². The van der Waals surface area contributed by atoms with E-state index in [1.807, 2.05) is 30.3 Å². The first-order chi connectivity index (χ1) is 11.0. The fraction of sp³-hybridized carbons (Fsp3) is 0.267. The highest BCUT2D eigenvalue weighted by Gasteiger charge is 2.22. The van der Waals surface area contributed by atoms with Crippen molar-refractivity contribution >= 4 is 28.0 Å². The Hall–Kier alpha value is -2.35. The number of rotatable bonds is 6. The van der Waals surface area contributed by atoms with E-state index in [1.165, 1.54) is 4.68 Å². The van der Waals surface area contributed by atoms with E-state index in [2.05, 4.69) is 26.3 Å². The lowest BCUT2D eigenvalue weighted by Crippen LogP contribution is -2.31. The number of nitrogens with one attached hydrogen (secondary N) is 1. The Balaban J connectivity index is 2.01. The Morgan fingerprint density at radius 1 is 1.39 bits per heavy atom. The number of aliphatic carboxylic acids is 1. The molecule has 1 unspecified atom stereocenters. The Morgan fingerprint density at radius 2 is 2.09 bits per heavy atom. The molecule has 0 aliphatic heterocycles. The molecule has 1 aromatic carbocycles. The number of aromatic nitrogens is 2. The minimum Gasteiger partial charge on any atom is -0.481 e. The number of carbonyl (C=O) groups is 2. The zero-order valence-corrected chi connectivity index (χ0v) is 14.0. The fourth-order valence-corrected chi connectivity index (χ4v) is 2.56. The van der Waals surface area contributed by atoms with E-state index < -0.39 is 18.1 Å². The highest BCUT2D eigenvalue weighted by molar-refractivity contribution is 9.10. The van der Waals surface area contributed by atoms with Crippen molar-refractivity contribution in [1.29, 1.82) is 0 Å². The third kappa shape index (κ3) is 5.10. The summed E-state index contributed by atoms with van der Waals surface area (Å²) in [4.78, 5) is 23.0. The number of ether oxygens (including phenoxy) is 1. The molecule has 0 aliphatic carbocycles. The largest absolute Gasteiger partial charge is 0.481 e. The summed E-state index contributed by atoms with van der Waals surface area (Å²) in [5.41, 5.74) is 1.41. The first-order valence-electron chi connectivity index (χ1n) is 6.84. The number of carboxylic acid groups (broad SMARTS) is 1. The monoisotopic (exact) mass is 381 g/mol. The number of aryl methyl sites for hydroxylation is 1. The van der Waals surface area contributed by atoms with Gasteiger partial charge in [0.25, 0.3) is 0 Å². The number of alkyl carbamates (subject to hydrolysis) is 1. The number of hydrogen-bond acceptors (Lipinski definition) is 4. The maximum absolute atomic E-state index is 11.9. The van der Waals surface area contributed by atoms with E-state index in [1.54, 1.807) is 13.1 Å². The molecule has 0 saturated carbocycles. The van der Waals surface area contributed by atoms with Crippen LogP contribution in [0.1, 0.15) is 23.7 Å². The number of benzene rings is 1. The fourth-order valence-electron chi connectivity index (χ4n) is 2.08. The quantitative estimate of drug-likeness (QED) is 0.801. The van der Waals surface area contributed by atoms with Gasteiger partial charge in [-0.2, -0.15) is 5.10 Å². The van der Waals surface area contributed by atoms with Gasteiger partial charge >= 0.3 is 12.1 Å². The first kappa shape index (κ1) is 17.0. The Kier molecular flexibility index (Phi) is 5.75. The zero-order chi connectivity index (χ0) is 16.8. The Labute approximate surface area is 141 Å². The van der Waals surface area contributed by atoms with Gasteiger partial charge in [0.15, 0.2) is 0 Å². The maximum atomic E-state index is 11.9. The summed E-state index contributed by atoms with van der Waals surface area (Å²) in [5, 5.41) is 15.7. The van der Waals surface area contributed by atoms with Crippen LogP contribution in [0.5, 0.6) is 0 Å². The molecule has 0 aliphatic rings. The highest BCUT2D eigenvalue weighted by Crippen LogP contribution is 2.20. The molecular weight excluding hydrogens is 366 g/mol. The van der Waals surface area contributed by atoms with E-state index >= 15 is 0 Å². The lowest BCUT2D eigenvalue weighted by atomic mass is 10.1. The molecule has 1 heterocycles. The summed E-state index contributed by atoms with van der Waals surface area (Å²) < 4.78 is 7.19. The molecule has 0 radical (unpaired) electrons. The van der Waals surface area contributed by atoms with E-state index in [0.29, 0.717) is 10.3 Å². The van der Waals surface area contributed by atoms with Gasteiger partial charge in [0.2, 0.25) is 0 Å². The van der Waals surface area contributed by atoms with Crippen LogP contribution in [0.4, 0.5) is 4.79 Å². The minimum atomic E-state index is -1.03. The average Bonchev–Trinajstić information content (AvgIpc) is 2.84. The summed E-state index contributed by atoms with van der Waals surface area (Å²) in [5.74, 6) is -1.03. The second kappa shape index (κ2) is 7.77. The van der Waals surface area contributed by atoms with Crippen molar-refractivity contribution in [3.63, 3.8) is 0 Å². The third-order valence-corrected chi connectivity index (χ3v) is 3.51. The molecule has 1 amide bonds. The van der Waals surface area contributed by atoms with Gasteiger partial charge in [-0.3, -0.25) is 9.48 Å². The number of amides is 1. The molecule has 8 heteroatoms. The van der Waals surface area contributed by atoms with Gasteiger partial charge in [-0.1, -0.05) is 30.3 Å². The van der Waals surface area contributed by atoms with Crippen molar-refractivity contribution in [2.75, 3.05) is 0 Å². The summed E-state index contributed by atoms with van der Waals surface area (Å²) in [6.45, 7) is 0.113. The van der Waals surface area contributed by atoms with E-state index in [0.717, 1.165) is 5.56 Å². The highest BCUT2D eigenvalue weighted by atomic mass is 79.9. The van der Waals surface area contributed by atoms with Gasteiger partial charge in [0.1, 0.15) is 11.2 Å². The van der Waals surface area contributed by atoms with Crippen LogP contribution < -0.4 is 5.32 Å². The number of carboxylic acids is 1. The second-order valence-corrected chi connectivity index (χ2v) is 5.68. The van der Waals surface area contributed by atoms with Crippen LogP contribution in [0.3, 0.4) is 0 Å². The van der Waals surface area contributed by atoms with Crippen LogP contribution in [-0.4, -0.2) is 26.9 Å². The van der Waals surface area contributed by atoms with Crippen LogP contribution in [0.25, 0.3) is 0 Å². The molecule has 0 fully saturated rings. The zero-order valence-electron chi connectivity index (χ0n) is 12.4. The maximum Gasteiger partial charge on any atom is 0.408 e. The van der Waals surface area contributed by atoms with Gasteiger partial charge in [-0.25, -0.2) is 4.79 Å². The van der Waals surface area contributed by atoms with Crippen LogP contribution >= 0.6 is 15.9 Å². The van der Waals surface area contributed by atoms with Crippen LogP contribution in [0, 0.1) is 0 Å². The van der Waals surface area contributed by atoms with Gasteiger partial charge in [-0.15, -0.1) is 0 Å². The molecule has 2 N–H and O–H groups in total. The molecule has 2 aromatic rings. The number of hydrogen-bond donors (Lipinski definition) is 2. The SMILES string of the molecule is Cn1nc(Br)cc1C(CC(=O)O)NC(=O)OCc1ccccc1. The molecular formula is C15H16BrN3O4. The summed E-state index contributed by atoms with van der Waals surface area (Å²) in [7, 11) is 1.67. The van der Waals surface area contributed by atoms with Gasteiger partial charge in [-0.05, 0) is 27.6 Å². The molecule has 0 saturated heterocycles. The van der Waals surface area contributed by atoms with Crippen LogP contribution in [0.15, 0.2) is 41.0 Å². The van der Waals surface area contributed by atoms with Gasteiger partial charge in [0.05, 0.1) is 18.2 Å². The smallest absolute Gasteiger partial charge is 0.408 e. The Morgan fingerprint density at radius 3 is 2.65 bits per heavy atom. The van der Waals surface area contributed by atoms with Crippen molar-refractivity contribution in [3.05, 3.63) is 52.3 Å². The van der Waals surface area contributed by atoms with Gasteiger partial charge in [0, 0.05) is 7.05 Å². The molecule has 122 valence electrons. The number of halogens is 1. The summed E-state index contributed by atoms with van der Waals surface area (Å²) in [6, 6.07) is 10.1. The van der Waals surface area contributed by atoms with Crippen molar-refractivity contribution in [3.8, 4) is 0 Å². The molecule has 1 aromatic heterocycles. The molecule has 23 heavy (non-hydrogen) atoms. The van der Waals surface area contributed by atoms with Crippen LogP contribution in [-0.2, 0) is 23.2 Å². The third-order valence-electron chi connectivity index (χ3n) is 3.13. The van der Waals surface area contributed by atoms with E-state index in [-0.39, 0.29) is 13.0 Å². The van der Waals surface area contributed by atoms with Gasteiger partial charge < -0.3 is 15.2 Å². The van der Waals surface area contributed by atoms with Crippen molar-refractivity contribution in [2.24, 2.45) is 7.05 Å². The molecule has 0 spiro atoms. The number of carbonyl (C=O) groups excluding carboxylic acids is 1. The summed E-state index contributed by atoms with van der Waals surface area (Å²) in [6.07, 6.45) is -0.954. The topological polar surface area (TPSA) is 93.5 Å². The molecule has 7 nitrogen and oxygen atoms in total. The van der Waals surface area contributed by atoms with Crippen molar-refractivity contribution < 1.29 is 19.4 Å². The lowest BCUT2D eigenvalue weighted by molar-refractivity contribution is -0.137.